The van der Waals surface area contributed by atoms with Crippen LogP contribution in [-0.2, 0) is 23.8 Å². The number of amides is 2. The smallest absolute Gasteiger partial charge is 0.315 e. The number of urea groups is 1. The molecule has 0 saturated carbocycles. The number of carbonyl (C=O) groups excluding carboxylic acids is 3. The standard InChI is InChI=1S/C28H49BrN2O6S/c29-15-7-1-2-10-23(32)12-5-8-16-35-18-20-37-21-19-36-17-9-6-13-24(33)11-3-4-14-26-27-25(22-38-26)30-28(34)31-27/h25-27H,1-22H2,(H2,30,31,34). The van der Waals surface area contributed by atoms with Gasteiger partial charge in [-0.25, -0.2) is 4.79 Å². The summed E-state index contributed by atoms with van der Waals surface area (Å²) in [7, 11) is 0. The first-order valence-electron chi connectivity index (χ1n) is 14.6. The summed E-state index contributed by atoms with van der Waals surface area (Å²) in [6, 6.07) is 0.487. The first kappa shape index (κ1) is 33.5. The quantitative estimate of drug-likeness (QED) is 0.0778. The van der Waals surface area contributed by atoms with E-state index < -0.39 is 0 Å². The van der Waals surface area contributed by atoms with E-state index in [4.69, 9.17) is 14.2 Å². The molecule has 0 bridgehead atoms. The number of ether oxygens (including phenoxy) is 3. The van der Waals surface area contributed by atoms with Gasteiger partial charge in [0.15, 0.2) is 0 Å². The molecule has 10 heteroatoms. The van der Waals surface area contributed by atoms with Gasteiger partial charge in [-0.3, -0.25) is 9.59 Å². The van der Waals surface area contributed by atoms with Crippen molar-refractivity contribution in [3.05, 3.63) is 0 Å². The minimum Gasteiger partial charge on any atom is -0.379 e. The van der Waals surface area contributed by atoms with Gasteiger partial charge in [-0.05, 0) is 51.4 Å². The topological polar surface area (TPSA) is 103 Å². The average molecular weight is 622 g/mol. The number of carbonyl (C=O) groups is 3. The summed E-state index contributed by atoms with van der Waals surface area (Å²) in [5, 5.41) is 7.48. The van der Waals surface area contributed by atoms with Crippen molar-refractivity contribution in [2.75, 3.05) is 50.7 Å². The molecule has 2 amide bonds. The van der Waals surface area contributed by atoms with Crippen LogP contribution in [0.3, 0.4) is 0 Å². The highest BCUT2D eigenvalue weighted by Gasteiger charge is 2.42. The second kappa shape index (κ2) is 22.1. The Bertz CT molecular complexity index is 671. The van der Waals surface area contributed by atoms with Crippen molar-refractivity contribution in [2.45, 2.75) is 107 Å². The van der Waals surface area contributed by atoms with Crippen LogP contribution in [0.5, 0.6) is 0 Å². The summed E-state index contributed by atoms with van der Waals surface area (Å²) in [6.45, 7) is 3.56. The van der Waals surface area contributed by atoms with Gasteiger partial charge in [0.1, 0.15) is 11.6 Å². The van der Waals surface area contributed by atoms with Crippen LogP contribution < -0.4 is 10.6 Å². The highest BCUT2D eigenvalue weighted by atomic mass is 79.9. The van der Waals surface area contributed by atoms with Crippen LogP contribution in [0, 0.1) is 0 Å². The molecular weight excluding hydrogens is 572 g/mol. The van der Waals surface area contributed by atoms with Crippen LogP contribution in [0.2, 0.25) is 0 Å². The molecule has 2 heterocycles. The van der Waals surface area contributed by atoms with Crippen molar-refractivity contribution in [3.8, 4) is 0 Å². The molecular formula is C28H49BrN2O6S. The normalized spacial score (nSPS) is 20.3. The zero-order chi connectivity index (χ0) is 27.3. The molecule has 2 aliphatic rings. The van der Waals surface area contributed by atoms with Crippen molar-refractivity contribution >= 4 is 45.3 Å². The lowest BCUT2D eigenvalue weighted by atomic mass is 10.0. The molecule has 0 aromatic heterocycles. The van der Waals surface area contributed by atoms with Crippen LogP contribution in [0.4, 0.5) is 4.79 Å². The number of Topliss-reactive ketones (excluding diaryl/α,β-unsaturated/α-hetero) is 2. The highest BCUT2D eigenvalue weighted by Crippen LogP contribution is 2.33. The predicted octanol–water partition coefficient (Wildman–Crippen LogP) is 5.20. The Kier molecular flexibility index (Phi) is 19.5. The lowest BCUT2D eigenvalue weighted by molar-refractivity contribution is -0.120. The molecule has 8 nitrogen and oxygen atoms in total. The summed E-state index contributed by atoms with van der Waals surface area (Å²) in [6.07, 6.45) is 12.5. The van der Waals surface area contributed by atoms with Gasteiger partial charge in [0.05, 0.1) is 38.5 Å². The lowest BCUT2D eigenvalue weighted by Crippen LogP contribution is -2.36. The third-order valence-electron chi connectivity index (χ3n) is 6.95. The second-order valence-corrected chi connectivity index (χ2v) is 12.3. The number of ketones is 2. The van der Waals surface area contributed by atoms with Crippen molar-refractivity contribution in [2.24, 2.45) is 0 Å². The van der Waals surface area contributed by atoms with Crippen molar-refractivity contribution in [3.63, 3.8) is 0 Å². The zero-order valence-electron chi connectivity index (χ0n) is 23.0. The maximum atomic E-state index is 12.1. The highest BCUT2D eigenvalue weighted by molar-refractivity contribution is 9.09. The summed E-state index contributed by atoms with van der Waals surface area (Å²) < 4.78 is 16.7. The van der Waals surface area contributed by atoms with E-state index >= 15 is 0 Å². The third-order valence-corrected chi connectivity index (χ3v) is 9.02. The third kappa shape index (κ3) is 15.8. The molecule has 0 aliphatic carbocycles. The molecule has 3 unspecified atom stereocenters. The lowest BCUT2D eigenvalue weighted by Gasteiger charge is -2.16. The number of rotatable bonds is 26. The van der Waals surface area contributed by atoms with Crippen molar-refractivity contribution in [1.29, 1.82) is 0 Å². The van der Waals surface area contributed by atoms with Gasteiger partial charge in [-0.2, -0.15) is 11.8 Å². The molecule has 3 atom stereocenters. The van der Waals surface area contributed by atoms with E-state index in [2.05, 4.69) is 26.6 Å². The molecule has 2 rings (SSSR count). The monoisotopic (exact) mass is 620 g/mol. The fourth-order valence-corrected chi connectivity index (χ4v) is 6.69. The Morgan fingerprint density at radius 1 is 0.711 bits per heavy atom. The van der Waals surface area contributed by atoms with E-state index in [1.807, 2.05) is 11.8 Å². The maximum Gasteiger partial charge on any atom is 0.315 e. The second-order valence-electron chi connectivity index (χ2n) is 10.2. The van der Waals surface area contributed by atoms with Gasteiger partial charge in [0, 0.05) is 55.2 Å². The Balaban J connectivity index is 1.25. The molecule has 2 saturated heterocycles. The van der Waals surface area contributed by atoms with E-state index in [1.54, 1.807) is 0 Å². The molecule has 38 heavy (non-hydrogen) atoms. The van der Waals surface area contributed by atoms with E-state index in [-0.39, 0.29) is 18.1 Å². The molecule has 2 fully saturated rings. The summed E-state index contributed by atoms with van der Waals surface area (Å²) in [5.74, 6) is 1.70. The predicted molar refractivity (Wildman–Crippen MR) is 156 cm³/mol. The molecule has 0 aromatic rings. The van der Waals surface area contributed by atoms with Crippen LogP contribution in [0.1, 0.15) is 89.9 Å². The van der Waals surface area contributed by atoms with Gasteiger partial charge in [-0.15, -0.1) is 0 Å². The Morgan fingerprint density at radius 2 is 1.24 bits per heavy atom. The summed E-state index contributed by atoms with van der Waals surface area (Å²) in [4.78, 5) is 35.3. The molecule has 220 valence electrons. The van der Waals surface area contributed by atoms with E-state index in [9.17, 15) is 14.4 Å². The zero-order valence-corrected chi connectivity index (χ0v) is 25.4. The first-order chi connectivity index (χ1) is 18.6. The number of nitrogens with one attached hydrogen (secondary N) is 2. The Labute approximate surface area is 241 Å². The number of halogens is 1. The Hall–Kier alpha value is -0.680. The first-order valence-corrected chi connectivity index (χ1v) is 16.8. The van der Waals surface area contributed by atoms with Gasteiger partial charge in [-0.1, -0.05) is 28.8 Å². The maximum absolute atomic E-state index is 12.1. The number of unbranched alkanes of at least 4 members (excludes halogenated alkanes) is 5. The number of hydrogen-bond acceptors (Lipinski definition) is 7. The average Bonchev–Trinajstić information content (AvgIpc) is 3.46. The SMILES string of the molecule is O=C(CCCCCBr)CCCCOCCOCCOCCCCC(=O)CCCCC1SCC2NC(=O)NC21. The summed E-state index contributed by atoms with van der Waals surface area (Å²) in [5.41, 5.74) is 0. The summed E-state index contributed by atoms with van der Waals surface area (Å²) >= 11 is 5.34. The number of fused-ring (bicyclic) bond motifs is 1. The number of hydrogen-bond donors (Lipinski definition) is 2. The number of thioether (sulfide) groups is 1. The van der Waals surface area contributed by atoms with E-state index in [0.717, 1.165) is 75.3 Å². The molecule has 2 aliphatic heterocycles. The van der Waals surface area contributed by atoms with Gasteiger partial charge >= 0.3 is 6.03 Å². The molecule has 0 spiro atoms. The fourth-order valence-electron chi connectivity index (χ4n) is 4.75. The van der Waals surface area contributed by atoms with Crippen molar-refractivity contribution in [1.82, 2.24) is 10.6 Å². The minimum atomic E-state index is -0.0401. The Morgan fingerprint density at radius 3 is 1.82 bits per heavy atom. The van der Waals surface area contributed by atoms with Crippen LogP contribution >= 0.6 is 27.7 Å². The molecule has 2 N–H and O–H groups in total. The van der Waals surface area contributed by atoms with E-state index in [1.165, 1.54) is 0 Å². The van der Waals surface area contributed by atoms with Crippen LogP contribution in [0.25, 0.3) is 0 Å². The van der Waals surface area contributed by atoms with Gasteiger partial charge in [0.2, 0.25) is 0 Å². The molecule has 0 radical (unpaired) electrons. The largest absolute Gasteiger partial charge is 0.379 e. The number of alkyl halides is 1. The molecule has 0 aromatic carbocycles. The van der Waals surface area contributed by atoms with Gasteiger partial charge < -0.3 is 24.8 Å². The van der Waals surface area contributed by atoms with Crippen LogP contribution in [0.15, 0.2) is 0 Å². The van der Waals surface area contributed by atoms with E-state index in [0.29, 0.717) is 82.1 Å². The van der Waals surface area contributed by atoms with Crippen molar-refractivity contribution < 1.29 is 28.6 Å². The minimum absolute atomic E-state index is 0.0401. The fraction of sp³-hybridized carbons (Fsp3) is 0.893. The van der Waals surface area contributed by atoms with Crippen LogP contribution in [-0.4, -0.2) is 85.7 Å². The van der Waals surface area contributed by atoms with Gasteiger partial charge in [0.25, 0.3) is 0 Å².